The molecule has 364 valence electrons. The Morgan fingerprint density at radius 1 is 1.02 bits per heavy atom. The number of fused-ring (bicyclic) bond motifs is 3. The third kappa shape index (κ3) is 10.7. The summed E-state index contributed by atoms with van der Waals surface area (Å²) in [6.45, 7) is 10.1. The summed E-state index contributed by atoms with van der Waals surface area (Å²) >= 11 is 0. The van der Waals surface area contributed by atoms with Crippen LogP contribution in [0.2, 0.25) is 0 Å². The molecule has 0 spiro atoms. The number of pyridine rings is 2. The van der Waals surface area contributed by atoms with Gasteiger partial charge < -0.3 is 34.5 Å². The molecule has 0 bridgehead atoms. The normalized spacial score (nSPS) is 26.8. The molecule has 0 radical (unpaired) electrons. The second kappa shape index (κ2) is 18.6. The summed E-state index contributed by atoms with van der Waals surface area (Å²) in [6.07, 6.45) is 5.55. The van der Waals surface area contributed by atoms with Crippen molar-refractivity contribution >= 4 is 44.6 Å². The molecule has 2 aliphatic carbocycles. The Balaban J connectivity index is 0.00000346. The van der Waals surface area contributed by atoms with Crippen LogP contribution < -0.4 is 29.6 Å². The highest BCUT2D eigenvalue weighted by Crippen LogP contribution is 2.46. The van der Waals surface area contributed by atoms with Crippen LogP contribution in [-0.4, -0.2) is 107 Å². The van der Waals surface area contributed by atoms with Crippen molar-refractivity contribution in [2.75, 3.05) is 13.7 Å². The van der Waals surface area contributed by atoms with Gasteiger partial charge in [-0.25, -0.2) is 27.0 Å². The van der Waals surface area contributed by atoms with E-state index in [1.165, 1.54) is 4.90 Å². The lowest BCUT2D eigenvalue weighted by atomic mass is 9.88. The highest BCUT2D eigenvalue weighted by molar-refractivity contribution is 7.91. The Morgan fingerprint density at radius 3 is 2.39 bits per heavy atom. The van der Waals surface area contributed by atoms with Gasteiger partial charge in [0, 0.05) is 28.9 Å². The predicted octanol–water partition coefficient (Wildman–Crippen LogP) is 7.20. The van der Waals surface area contributed by atoms with E-state index in [2.05, 4.69) is 20.3 Å². The Hall–Kier alpha value is -5.59. The van der Waals surface area contributed by atoms with E-state index in [4.69, 9.17) is 23.9 Å². The molecule has 1 unspecified atom stereocenters. The fourth-order valence-electron chi connectivity index (χ4n) is 8.56. The zero-order valence-corrected chi connectivity index (χ0v) is 39.4. The number of ether oxygens (including phenoxy) is 4. The van der Waals surface area contributed by atoms with Crippen LogP contribution in [-0.2, 0) is 29.1 Å². The fraction of sp³-hybridized carbons (Fsp3) is 0.574. The minimum Gasteiger partial charge on any atom is -0.497 e. The number of sulfonamides is 1. The van der Waals surface area contributed by atoms with E-state index in [0.717, 1.165) is 13.8 Å². The standard InChI is InChI=1S/C47H60F2N6O10S.3H2/c1-26(2)63-32-14-18-36(50-24-32)37-21-29-20-31(62-8)13-17-35(29)41(51-37)64-33-22-38-40(56)53-47(43(58)54-66(60,61)34-15-16-34)23-30(47)12-10-9-11-27(3)19-28(4)39(42(57)55(38)25-33)52-44(59)65-45(5,6)46(7,48)49;;;/h10,12-14,17-18,20-21,24,26-28,30,33-34,38-39H,9,11,15-16,19,22-23,25H2,1-8H3,(H,52,59)(H,53,56)(H,54,58);3*1H/b12-10-;;;/t27-,28-,30-,33-,38+,39?,47-;;;/m1.../s1. The quantitative estimate of drug-likeness (QED) is 0.154. The number of hydrogen-bond acceptors (Lipinski definition) is 12. The number of carbonyl (C=O) groups is 4. The molecule has 1 aromatic carbocycles. The van der Waals surface area contributed by atoms with Crippen LogP contribution >= 0.6 is 0 Å². The van der Waals surface area contributed by atoms with Crippen molar-refractivity contribution in [2.24, 2.45) is 17.8 Å². The maximum absolute atomic E-state index is 15.1. The first-order valence-corrected chi connectivity index (χ1v) is 24.1. The molecule has 4 aliphatic rings. The number of nitrogens with one attached hydrogen (secondary N) is 3. The van der Waals surface area contributed by atoms with Gasteiger partial charge in [-0.15, -0.1) is 0 Å². The molecule has 1 saturated heterocycles. The van der Waals surface area contributed by atoms with Crippen LogP contribution in [0.4, 0.5) is 13.6 Å². The molecule has 2 aromatic heterocycles. The lowest BCUT2D eigenvalue weighted by Crippen LogP contribution is -2.59. The van der Waals surface area contributed by atoms with Crippen LogP contribution in [0.1, 0.15) is 97.7 Å². The Bertz CT molecular complexity index is 2500. The summed E-state index contributed by atoms with van der Waals surface area (Å²) in [4.78, 5) is 68.0. The molecule has 3 N–H and O–H groups in total. The largest absolute Gasteiger partial charge is 0.497 e. The number of aromatic nitrogens is 2. The lowest BCUT2D eigenvalue weighted by molar-refractivity contribution is -0.152. The van der Waals surface area contributed by atoms with Crippen molar-refractivity contribution in [1.29, 1.82) is 0 Å². The van der Waals surface area contributed by atoms with Crippen molar-refractivity contribution in [1.82, 2.24) is 30.2 Å². The minimum absolute atomic E-state index is 0. The number of amides is 4. The number of alkyl halides is 2. The first-order valence-electron chi connectivity index (χ1n) is 22.5. The maximum atomic E-state index is 15.1. The molecule has 3 fully saturated rings. The number of hydrogen-bond donors (Lipinski definition) is 3. The second-order valence-corrected chi connectivity index (χ2v) is 21.1. The van der Waals surface area contributed by atoms with Crippen LogP contribution in [0.25, 0.3) is 22.2 Å². The van der Waals surface area contributed by atoms with E-state index in [-0.39, 0.29) is 41.6 Å². The molecular formula is C47H66F2N6O10S. The molecule has 66 heavy (non-hydrogen) atoms. The van der Waals surface area contributed by atoms with Crippen molar-refractivity contribution in [3.63, 3.8) is 0 Å². The first kappa shape index (κ1) is 48.3. The lowest BCUT2D eigenvalue weighted by Gasteiger charge is -2.35. The topological polar surface area (TPSA) is 204 Å². The molecule has 16 nitrogen and oxygen atoms in total. The number of halogens is 2. The van der Waals surface area contributed by atoms with E-state index < -0.39 is 86.2 Å². The zero-order valence-electron chi connectivity index (χ0n) is 38.6. The smallest absolute Gasteiger partial charge is 0.408 e. The fourth-order valence-corrected chi connectivity index (χ4v) is 9.92. The Kier molecular flexibility index (Phi) is 13.6. The third-order valence-corrected chi connectivity index (χ3v) is 14.8. The summed E-state index contributed by atoms with van der Waals surface area (Å²) in [5.74, 6) is -5.59. The predicted molar refractivity (Wildman–Crippen MR) is 247 cm³/mol. The number of rotatable bonds is 12. The highest BCUT2D eigenvalue weighted by Gasteiger charge is 2.62. The van der Waals surface area contributed by atoms with Crippen LogP contribution in [0.15, 0.2) is 54.7 Å². The van der Waals surface area contributed by atoms with E-state index in [9.17, 15) is 31.6 Å². The van der Waals surface area contributed by atoms with E-state index >= 15 is 4.79 Å². The third-order valence-electron chi connectivity index (χ3n) is 12.9. The van der Waals surface area contributed by atoms with Crippen LogP contribution in [0.3, 0.4) is 0 Å². The van der Waals surface area contributed by atoms with E-state index in [1.54, 1.807) is 50.6 Å². The highest BCUT2D eigenvalue weighted by atomic mass is 32.2. The summed E-state index contributed by atoms with van der Waals surface area (Å²) in [5, 5.41) is 5.99. The van der Waals surface area contributed by atoms with Gasteiger partial charge in [0.2, 0.25) is 27.7 Å². The summed E-state index contributed by atoms with van der Waals surface area (Å²) in [5.41, 5.74) is -2.93. The number of allylic oxidation sites excluding steroid dienone is 1. The van der Waals surface area contributed by atoms with Gasteiger partial charge in [-0.1, -0.05) is 26.0 Å². The van der Waals surface area contributed by atoms with Crippen LogP contribution in [0, 0.1) is 17.8 Å². The van der Waals surface area contributed by atoms with Gasteiger partial charge in [-0.2, -0.15) is 0 Å². The summed E-state index contributed by atoms with van der Waals surface area (Å²) in [6, 6.07) is 8.02. The average Bonchev–Trinajstić information content (AvgIpc) is 4.17. The molecule has 4 heterocycles. The van der Waals surface area contributed by atoms with Crippen molar-refractivity contribution < 1.29 is 59.6 Å². The van der Waals surface area contributed by atoms with E-state index in [0.29, 0.717) is 72.7 Å². The molecule has 7 atom stereocenters. The minimum atomic E-state index is -3.99. The maximum Gasteiger partial charge on any atom is 0.408 e. The van der Waals surface area contributed by atoms with Crippen LogP contribution in [0.5, 0.6) is 17.4 Å². The number of benzene rings is 1. The summed E-state index contributed by atoms with van der Waals surface area (Å²) < 4.78 is 80.5. The van der Waals surface area contributed by atoms with Gasteiger partial charge in [-0.05, 0) is 120 Å². The van der Waals surface area contributed by atoms with Gasteiger partial charge in [0.1, 0.15) is 35.2 Å². The molecule has 2 aliphatic heterocycles. The van der Waals surface area contributed by atoms with E-state index in [1.807, 2.05) is 39.0 Å². The number of methoxy groups -OCH3 is 1. The molecule has 2 saturated carbocycles. The second-order valence-electron chi connectivity index (χ2n) is 19.1. The van der Waals surface area contributed by atoms with Crippen molar-refractivity contribution in [3.05, 3.63) is 54.7 Å². The molecule has 3 aromatic rings. The van der Waals surface area contributed by atoms with Gasteiger partial charge in [0.15, 0.2) is 5.60 Å². The van der Waals surface area contributed by atoms with Crippen molar-refractivity contribution in [2.45, 2.75) is 140 Å². The molecular weight excluding hydrogens is 879 g/mol. The monoisotopic (exact) mass is 944 g/mol. The Morgan fingerprint density at radius 2 is 1.74 bits per heavy atom. The number of carbonyl (C=O) groups excluding carboxylic acids is 4. The molecule has 7 rings (SSSR count). The molecule has 4 amide bonds. The van der Waals surface area contributed by atoms with Gasteiger partial charge in [-0.3, -0.25) is 24.1 Å². The van der Waals surface area contributed by atoms with Gasteiger partial charge in [0.25, 0.3) is 11.8 Å². The number of alkyl carbamates (subject to hydrolysis) is 1. The number of nitrogens with zero attached hydrogens (tertiary/aromatic N) is 3. The first-order chi connectivity index (χ1) is 31.0. The average molecular weight is 945 g/mol. The van der Waals surface area contributed by atoms with Crippen molar-refractivity contribution in [3.8, 4) is 28.8 Å². The SMILES string of the molecule is COc1ccc2c(O[C@@H]3C[C@H]4C(=O)N[C@]5(C(=O)NS(=O)(=O)C6CC6)C[C@H]5/C=C\CC[C@@H](C)C[C@@H](C)C(NC(=O)OC(C)(C)C(C)(F)F)C(=O)N4C3)nc(-c3ccc(OC(C)C)cn3)cc2c1.[HH].[HH].[HH]. The summed E-state index contributed by atoms with van der Waals surface area (Å²) in [7, 11) is -2.45. The zero-order chi connectivity index (χ0) is 47.9. The van der Waals surface area contributed by atoms with Gasteiger partial charge >= 0.3 is 6.09 Å². The molecule has 19 heteroatoms. The Labute approximate surface area is 388 Å². The van der Waals surface area contributed by atoms with Gasteiger partial charge in [0.05, 0.1) is 42.6 Å².